The van der Waals surface area contributed by atoms with Crippen molar-refractivity contribution < 1.29 is 4.79 Å². The zero-order valence-corrected chi connectivity index (χ0v) is 19.6. The van der Waals surface area contributed by atoms with E-state index in [4.69, 9.17) is 0 Å². The molecule has 1 N–H and O–H groups in total. The zero-order chi connectivity index (χ0) is 22.0. The van der Waals surface area contributed by atoms with Crippen LogP contribution in [-0.4, -0.2) is 37.3 Å². The topological polar surface area (TPSA) is 72.2 Å². The van der Waals surface area contributed by atoms with E-state index in [1.807, 2.05) is 6.92 Å². The second kappa shape index (κ2) is 9.39. The Morgan fingerprint density at radius 2 is 1.87 bits per heavy atom. The summed E-state index contributed by atoms with van der Waals surface area (Å²) < 4.78 is 1.81. The third-order valence-corrected chi connectivity index (χ3v) is 7.16. The quantitative estimate of drug-likeness (QED) is 0.578. The number of rotatable bonds is 6. The van der Waals surface area contributed by atoms with E-state index in [-0.39, 0.29) is 5.91 Å². The molecule has 0 radical (unpaired) electrons. The lowest BCUT2D eigenvalue weighted by Crippen LogP contribution is -2.41. The Hall–Kier alpha value is -2.41. The number of benzene rings is 1. The number of nitrogens with one attached hydrogen (secondary N) is 1. The van der Waals surface area contributed by atoms with E-state index in [9.17, 15) is 4.79 Å². The van der Waals surface area contributed by atoms with Gasteiger partial charge in [0.1, 0.15) is 0 Å². The second-order valence-corrected chi connectivity index (χ2v) is 9.70. The molecule has 1 aliphatic rings. The third-order valence-electron chi connectivity index (χ3n) is 6.32. The van der Waals surface area contributed by atoms with Gasteiger partial charge in [-0.05, 0) is 50.7 Å². The van der Waals surface area contributed by atoms with Gasteiger partial charge in [0.05, 0.1) is 5.75 Å². The average Bonchev–Trinajstić information content (AvgIpc) is 3.16. The Kier molecular flexibility index (Phi) is 6.60. The Bertz CT molecular complexity index is 1080. The first kappa shape index (κ1) is 21.8. The Morgan fingerprint density at radius 1 is 1.13 bits per heavy atom. The van der Waals surface area contributed by atoms with Crippen LogP contribution in [0.2, 0.25) is 0 Å². The minimum absolute atomic E-state index is 0.0588. The van der Waals surface area contributed by atoms with Crippen molar-refractivity contribution in [3.05, 3.63) is 52.3 Å². The number of aryl methyl sites for hydroxylation is 3. The molecule has 31 heavy (non-hydrogen) atoms. The predicted molar refractivity (Wildman–Crippen MR) is 125 cm³/mol. The fourth-order valence-electron chi connectivity index (χ4n) is 4.33. The first-order valence-electron chi connectivity index (χ1n) is 11.1. The van der Waals surface area contributed by atoms with Crippen molar-refractivity contribution in [1.29, 1.82) is 0 Å². The Balaban J connectivity index is 1.45. The van der Waals surface area contributed by atoms with Gasteiger partial charge >= 0.3 is 0 Å². The highest BCUT2D eigenvalue weighted by atomic mass is 32.2. The van der Waals surface area contributed by atoms with E-state index >= 15 is 0 Å². The van der Waals surface area contributed by atoms with Gasteiger partial charge in [0.25, 0.3) is 5.78 Å². The fraction of sp³-hybridized carbons (Fsp3) is 0.500. The first-order chi connectivity index (χ1) is 14.9. The molecule has 3 aromatic rings. The van der Waals surface area contributed by atoms with Crippen LogP contribution in [0, 0.1) is 26.7 Å². The maximum absolute atomic E-state index is 12.4. The van der Waals surface area contributed by atoms with Gasteiger partial charge < -0.3 is 5.32 Å². The van der Waals surface area contributed by atoms with Gasteiger partial charge in [-0.1, -0.05) is 61.4 Å². The first-order valence-corrected chi connectivity index (χ1v) is 12.1. The second-order valence-electron chi connectivity index (χ2n) is 8.75. The fourth-order valence-corrected chi connectivity index (χ4v) is 4.96. The molecule has 6 nitrogen and oxygen atoms in total. The van der Waals surface area contributed by atoms with Gasteiger partial charge in [0.2, 0.25) is 11.1 Å². The molecule has 0 bridgehead atoms. The molecule has 7 heteroatoms. The van der Waals surface area contributed by atoms with E-state index in [1.165, 1.54) is 47.7 Å². The standard InChI is InChI=1S/C24H31N5OS/c1-15-9-11-19(12-10-15)13-20-17(3)25-23-27-24(28-29(23)18(20)4)31-14-22(30)26-21-8-6-5-7-16(21)2/h9-12,16,21H,5-8,13-14H2,1-4H3,(H,26,30)/t16-,21+/m0/s1. The van der Waals surface area contributed by atoms with E-state index in [2.05, 4.69) is 65.4 Å². The number of carbonyl (C=O) groups excluding carboxylic acids is 1. The molecule has 0 spiro atoms. The lowest BCUT2D eigenvalue weighted by Gasteiger charge is -2.29. The normalized spacial score (nSPS) is 19.0. The molecule has 1 saturated carbocycles. The SMILES string of the molecule is Cc1ccc(Cc2c(C)nc3nc(SCC(=O)N[C@@H]4CCCC[C@@H]4C)nn3c2C)cc1. The molecule has 1 aliphatic carbocycles. The van der Waals surface area contributed by atoms with Crippen molar-refractivity contribution in [3.8, 4) is 0 Å². The monoisotopic (exact) mass is 437 g/mol. The summed E-state index contributed by atoms with van der Waals surface area (Å²) in [5.41, 5.74) is 5.69. The number of amides is 1. The number of hydrogen-bond donors (Lipinski definition) is 1. The molecule has 2 atom stereocenters. The smallest absolute Gasteiger partial charge is 0.253 e. The molecule has 1 aromatic carbocycles. The van der Waals surface area contributed by atoms with Gasteiger partial charge in [0, 0.05) is 23.9 Å². The van der Waals surface area contributed by atoms with Crippen molar-refractivity contribution in [3.63, 3.8) is 0 Å². The summed E-state index contributed by atoms with van der Waals surface area (Å²) in [6.07, 6.45) is 5.56. The van der Waals surface area contributed by atoms with E-state index in [0.717, 1.165) is 24.2 Å². The van der Waals surface area contributed by atoms with E-state index in [0.29, 0.717) is 28.6 Å². The van der Waals surface area contributed by atoms with E-state index < -0.39 is 0 Å². The van der Waals surface area contributed by atoms with Gasteiger partial charge in [-0.25, -0.2) is 9.50 Å². The summed E-state index contributed by atoms with van der Waals surface area (Å²) >= 11 is 1.37. The summed E-state index contributed by atoms with van der Waals surface area (Å²) in [6, 6.07) is 8.89. The Labute approximate surface area is 188 Å². The molecule has 164 valence electrons. The highest BCUT2D eigenvalue weighted by Crippen LogP contribution is 2.24. The van der Waals surface area contributed by atoms with Crippen molar-refractivity contribution >= 4 is 23.4 Å². The largest absolute Gasteiger partial charge is 0.352 e. The number of nitrogens with zero attached hydrogens (tertiary/aromatic N) is 4. The molecule has 1 fully saturated rings. The van der Waals surface area contributed by atoms with Crippen LogP contribution in [-0.2, 0) is 11.2 Å². The van der Waals surface area contributed by atoms with Crippen molar-refractivity contribution in [2.24, 2.45) is 5.92 Å². The molecule has 0 unspecified atom stereocenters. The summed E-state index contributed by atoms with van der Waals surface area (Å²) in [7, 11) is 0. The summed E-state index contributed by atoms with van der Waals surface area (Å²) in [6.45, 7) is 8.41. The van der Waals surface area contributed by atoms with Crippen LogP contribution in [0.4, 0.5) is 0 Å². The maximum atomic E-state index is 12.4. The van der Waals surface area contributed by atoms with Crippen molar-refractivity contribution in [2.45, 2.75) is 71.0 Å². The summed E-state index contributed by atoms with van der Waals surface area (Å²) in [4.78, 5) is 21.7. The number of carbonyl (C=O) groups is 1. The lowest BCUT2D eigenvalue weighted by molar-refractivity contribution is -0.119. The molecule has 0 saturated heterocycles. The maximum Gasteiger partial charge on any atom is 0.253 e. The number of thioether (sulfide) groups is 1. The minimum atomic E-state index is 0.0588. The Morgan fingerprint density at radius 3 is 2.61 bits per heavy atom. The molecule has 4 rings (SSSR count). The van der Waals surface area contributed by atoms with Crippen LogP contribution in [0.3, 0.4) is 0 Å². The van der Waals surface area contributed by atoms with Crippen molar-refractivity contribution in [2.75, 3.05) is 5.75 Å². The molecule has 0 aliphatic heterocycles. The van der Waals surface area contributed by atoms with Gasteiger partial charge in [0.15, 0.2) is 0 Å². The molecule has 2 heterocycles. The van der Waals surface area contributed by atoms with Crippen LogP contribution in [0.1, 0.15) is 60.7 Å². The zero-order valence-electron chi connectivity index (χ0n) is 18.8. The van der Waals surface area contributed by atoms with Gasteiger partial charge in [-0.3, -0.25) is 4.79 Å². The predicted octanol–water partition coefficient (Wildman–Crippen LogP) is 4.43. The summed E-state index contributed by atoms with van der Waals surface area (Å²) in [5.74, 6) is 1.53. The summed E-state index contributed by atoms with van der Waals surface area (Å²) in [5, 5.41) is 8.42. The van der Waals surface area contributed by atoms with Gasteiger partial charge in [-0.15, -0.1) is 5.10 Å². The highest BCUT2D eigenvalue weighted by molar-refractivity contribution is 7.99. The van der Waals surface area contributed by atoms with Crippen LogP contribution < -0.4 is 5.32 Å². The van der Waals surface area contributed by atoms with Gasteiger partial charge in [-0.2, -0.15) is 4.98 Å². The third kappa shape index (κ3) is 5.09. The van der Waals surface area contributed by atoms with E-state index in [1.54, 1.807) is 4.52 Å². The van der Waals surface area contributed by atoms with Crippen LogP contribution in [0.15, 0.2) is 29.4 Å². The molecule has 1 amide bonds. The van der Waals surface area contributed by atoms with Crippen molar-refractivity contribution in [1.82, 2.24) is 24.9 Å². The van der Waals surface area contributed by atoms with Crippen LogP contribution in [0.25, 0.3) is 5.78 Å². The molecular formula is C24H31N5OS. The average molecular weight is 438 g/mol. The highest BCUT2D eigenvalue weighted by Gasteiger charge is 2.23. The van der Waals surface area contributed by atoms with Crippen LogP contribution >= 0.6 is 11.8 Å². The number of aromatic nitrogens is 4. The van der Waals surface area contributed by atoms with Crippen LogP contribution in [0.5, 0.6) is 0 Å². The number of hydrogen-bond acceptors (Lipinski definition) is 5. The molecule has 2 aromatic heterocycles. The number of fused-ring (bicyclic) bond motifs is 1. The lowest BCUT2D eigenvalue weighted by atomic mass is 9.86. The minimum Gasteiger partial charge on any atom is -0.352 e. The molecular weight excluding hydrogens is 406 g/mol.